The summed E-state index contributed by atoms with van der Waals surface area (Å²) in [5.41, 5.74) is -0.0142. The molecule has 1 N–H and O–H groups in total. The molecule has 1 fully saturated rings. The summed E-state index contributed by atoms with van der Waals surface area (Å²) in [6, 6.07) is 21.7. The molecule has 1 atom stereocenters. The number of imide groups is 1. The molecule has 0 bridgehead atoms. The van der Waals surface area contributed by atoms with E-state index in [0.717, 1.165) is 4.90 Å². The van der Waals surface area contributed by atoms with Crippen molar-refractivity contribution >= 4 is 11.9 Å². The number of nitriles is 2. The van der Waals surface area contributed by atoms with Gasteiger partial charge in [0.2, 0.25) is 0 Å². The van der Waals surface area contributed by atoms with Crippen LogP contribution in [-0.4, -0.2) is 23.4 Å². The molecule has 0 saturated carbocycles. The molecular weight excluding hydrogens is 340 g/mol. The lowest BCUT2D eigenvalue weighted by atomic mass is 9.82. The molecule has 134 valence electrons. The summed E-state index contributed by atoms with van der Waals surface area (Å²) in [4.78, 5) is 27.2. The molecule has 1 aliphatic heterocycles. The van der Waals surface area contributed by atoms with Gasteiger partial charge in [-0.05, 0) is 17.5 Å². The summed E-state index contributed by atoms with van der Waals surface area (Å²) >= 11 is 0. The summed E-state index contributed by atoms with van der Waals surface area (Å²) < 4.78 is 0. The van der Waals surface area contributed by atoms with Crippen LogP contribution in [-0.2, 0) is 10.3 Å². The summed E-state index contributed by atoms with van der Waals surface area (Å²) in [6.45, 7) is -0.0374. The first-order chi connectivity index (χ1) is 13.1. The van der Waals surface area contributed by atoms with Crippen molar-refractivity contribution in [3.05, 3.63) is 71.8 Å². The van der Waals surface area contributed by atoms with Gasteiger partial charge in [-0.3, -0.25) is 9.69 Å². The Morgan fingerprint density at radius 2 is 1.52 bits per heavy atom. The number of benzene rings is 2. The third-order valence-electron chi connectivity index (χ3n) is 4.71. The maximum atomic E-state index is 13.4. The molecule has 0 aliphatic carbocycles. The Morgan fingerprint density at radius 1 is 0.963 bits per heavy atom. The van der Waals surface area contributed by atoms with E-state index in [-0.39, 0.29) is 13.0 Å². The molecule has 6 nitrogen and oxygen atoms in total. The Kier molecular flexibility index (Phi) is 5.19. The topological polar surface area (TPSA) is 97.0 Å². The number of amides is 3. The average molecular weight is 358 g/mol. The van der Waals surface area contributed by atoms with Crippen LogP contribution in [0.1, 0.15) is 24.0 Å². The number of nitrogens with one attached hydrogen (secondary N) is 1. The number of carbonyl (C=O) groups excluding carboxylic acids is 2. The van der Waals surface area contributed by atoms with Crippen LogP contribution >= 0.6 is 0 Å². The Labute approximate surface area is 157 Å². The first-order valence-corrected chi connectivity index (χ1v) is 8.65. The first-order valence-electron chi connectivity index (χ1n) is 8.65. The van der Waals surface area contributed by atoms with Crippen molar-refractivity contribution in [2.75, 3.05) is 6.54 Å². The summed E-state index contributed by atoms with van der Waals surface area (Å²) in [7, 11) is 0. The van der Waals surface area contributed by atoms with Crippen LogP contribution in [0.15, 0.2) is 60.7 Å². The summed E-state index contributed by atoms with van der Waals surface area (Å²) in [5, 5.41) is 20.9. The lowest BCUT2D eigenvalue weighted by molar-refractivity contribution is -0.130. The number of hydrogen-bond acceptors (Lipinski definition) is 4. The van der Waals surface area contributed by atoms with Gasteiger partial charge in [0.05, 0.1) is 18.1 Å². The fraction of sp³-hybridized carbons (Fsp3) is 0.238. The van der Waals surface area contributed by atoms with Crippen molar-refractivity contribution in [3.63, 3.8) is 0 Å². The lowest BCUT2D eigenvalue weighted by Crippen LogP contribution is -2.45. The van der Waals surface area contributed by atoms with Crippen molar-refractivity contribution in [2.45, 2.75) is 18.4 Å². The smallest absolute Gasteiger partial charge is 0.315 e. The summed E-state index contributed by atoms with van der Waals surface area (Å²) in [6.07, 6.45) is 0.512. The quantitative estimate of drug-likeness (QED) is 0.803. The number of nitrogens with zero attached hydrogens (tertiary/aromatic N) is 3. The Bertz CT molecular complexity index is 873. The van der Waals surface area contributed by atoms with Crippen LogP contribution < -0.4 is 5.32 Å². The van der Waals surface area contributed by atoms with E-state index < -0.39 is 23.4 Å². The van der Waals surface area contributed by atoms with Crippen LogP contribution in [0, 0.1) is 28.6 Å². The predicted octanol–water partition coefficient (Wildman–Crippen LogP) is 2.93. The maximum absolute atomic E-state index is 13.4. The molecule has 2 aromatic carbocycles. The third kappa shape index (κ3) is 3.26. The fourth-order valence-corrected chi connectivity index (χ4v) is 3.33. The molecule has 3 amide bonds. The van der Waals surface area contributed by atoms with E-state index in [9.17, 15) is 14.9 Å². The van der Waals surface area contributed by atoms with Crippen LogP contribution in [0.2, 0.25) is 0 Å². The standard InChI is InChI=1S/C21H18N4O2/c22-13-7-8-16(14-23)15-25-19(26)21(24-20(25)27,17-9-3-1-4-10-17)18-11-5-2-6-12-18/h1-6,9-12,16H,7-8,15H2,(H,24,27)/t16-/m1/s1. The molecule has 1 heterocycles. The zero-order chi connectivity index (χ0) is 19.3. The van der Waals surface area contributed by atoms with E-state index in [2.05, 4.69) is 11.4 Å². The van der Waals surface area contributed by atoms with Gasteiger partial charge in [0.15, 0.2) is 5.54 Å². The minimum absolute atomic E-state index is 0.0374. The minimum atomic E-state index is -1.32. The SMILES string of the molecule is N#CCC[C@H](C#N)CN1C(=O)NC(c2ccccc2)(c2ccccc2)C1=O. The summed E-state index contributed by atoms with van der Waals surface area (Å²) in [5.74, 6) is -0.996. The lowest BCUT2D eigenvalue weighted by Gasteiger charge is -2.28. The average Bonchev–Trinajstić information content (AvgIpc) is 2.97. The fourth-order valence-electron chi connectivity index (χ4n) is 3.33. The molecule has 3 rings (SSSR count). The van der Waals surface area contributed by atoms with Gasteiger partial charge in [-0.2, -0.15) is 10.5 Å². The molecule has 27 heavy (non-hydrogen) atoms. The zero-order valence-electron chi connectivity index (χ0n) is 14.6. The van der Waals surface area contributed by atoms with Gasteiger partial charge in [0.1, 0.15) is 0 Å². The molecule has 0 aromatic heterocycles. The van der Waals surface area contributed by atoms with Crippen molar-refractivity contribution in [2.24, 2.45) is 5.92 Å². The van der Waals surface area contributed by atoms with Crippen LogP contribution in [0.3, 0.4) is 0 Å². The van der Waals surface area contributed by atoms with E-state index >= 15 is 0 Å². The minimum Gasteiger partial charge on any atom is -0.315 e. The van der Waals surface area contributed by atoms with Crippen LogP contribution in [0.4, 0.5) is 4.79 Å². The van der Waals surface area contributed by atoms with Crippen molar-refractivity contribution in [3.8, 4) is 12.1 Å². The molecule has 0 spiro atoms. The van der Waals surface area contributed by atoms with E-state index in [1.165, 1.54) is 0 Å². The van der Waals surface area contributed by atoms with Gasteiger partial charge in [0.25, 0.3) is 5.91 Å². The van der Waals surface area contributed by atoms with Gasteiger partial charge in [-0.1, -0.05) is 60.7 Å². The first kappa shape index (κ1) is 18.2. The van der Waals surface area contributed by atoms with E-state index in [0.29, 0.717) is 17.5 Å². The largest absolute Gasteiger partial charge is 0.325 e. The second-order valence-electron chi connectivity index (χ2n) is 6.35. The third-order valence-corrected chi connectivity index (χ3v) is 4.71. The normalized spacial score (nSPS) is 16.3. The second-order valence-corrected chi connectivity index (χ2v) is 6.35. The highest BCUT2D eigenvalue weighted by atomic mass is 16.2. The Hall–Kier alpha value is -3.64. The highest BCUT2D eigenvalue weighted by Gasteiger charge is 2.53. The Morgan fingerprint density at radius 3 is 2.00 bits per heavy atom. The van der Waals surface area contributed by atoms with Gasteiger partial charge in [0, 0.05) is 13.0 Å². The number of carbonyl (C=O) groups is 2. The maximum Gasteiger partial charge on any atom is 0.325 e. The zero-order valence-corrected chi connectivity index (χ0v) is 14.6. The van der Waals surface area contributed by atoms with Gasteiger partial charge in [-0.15, -0.1) is 0 Å². The van der Waals surface area contributed by atoms with E-state index in [1.807, 2.05) is 42.5 Å². The molecule has 2 aromatic rings. The highest BCUT2D eigenvalue weighted by molar-refractivity contribution is 6.09. The number of urea groups is 1. The van der Waals surface area contributed by atoms with Gasteiger partial charge < -0.3 is 5.32 Å². The Balaban J connectivity index is 2.02. The van der Waals surface area contributed by atoms with E-state index in [1.54, 1.807) is 24.3 Å². The molecular formula is C21H18N4O2. The van der Waals surface area contributed by atoms with Crippen molar-refractivity contribution in [1.29, 1.82) is 10.5 Å². The molecule has 1 aliphatic rings. The molecule has 0 unspecified atom stereocenters. The van der Waals surface area contributed by atoms with Crippen LogP contribution in [0.25, 0.3) is 0 Å². The molecule has 1 saturated heterocycles. The predicted molar refractivity (Wildman–Crippen MR) is 97.9 cm³/mol. The number of hydrogen-bond donors (Lipinski definition) is 1. The van der Waals surface area contributed by atoms with Crippen molar-refractivity contribution < 1.29 is 9.59 Å². The van der Waals surface area contributed by atoms with Gasteiger partial charge in [-0.25, -0.2) is 4.79 Å². The van der Waals surface area contributed by atoms with Gasteiger partial charge >= 0.3 is 6.03 Å². The highest BCUT2D eigenvalue weighted by Crippen LogP contribution is 2.36. The second kappa shape index (κ2) is 7.72. The number of rotatable bonds is 6. The monoisotopic (exact) mass is 358 g/mol. The van der Waals surface area contributed by atoms with Crippen LogP contribution in [0.5, 0.6) is 0 Å². The van der Waals surface area contributed by atoms with Crippen molar-refractivity contribution in [1.82, 2.24) is 10.2 Å². The molecule has 6 heteroatoms. The molecule has 0 radical (unpaired) electrons. The van der Waals surface area contributed by atoms with E-state index in [4.69, 9.17) is 5.26 Å².